The van der Waals surface area contributed by atoms with Crippen molar-refractivity contribution in [1.29, 1.82) is 0 Å². The van der Waals surface area contributed by atoms with E-state index in [-0.39, 0.29) is 12.2 Å². The number of hydrogen-bond acceptors (Lipinski definition) is 3. The van der Waals surface area contributed by atoms with E-state index in [1.54, 1.807) is 12.1 Å². The lowest BCUT2D eigenvalue weighted by Crippen LogP contribution is -2.15. The summed E-state index contributed by atoms with van der Waals surface area (Å²) in [5, 5.41) is 0. The highest BCUT2D eigenvalue weighted by Crippen LogP contribution is 2.37. The van der Waals surface area contributed by atoms with Gasteiger partial charge in [-0.3, -0.25) is 4.79 Å². The van der Waals surface area contributed by atoms with Gasteiger partial charge in [0.2, 0.25) is 0 Å². The van der Waals surface area contributed by atoms with Crippen molar-refractivity contribution in [3.8, 4) is 11.5 Å². The molecule has 1 rings (SSSR count). The standard InChI is InChI=1S/C14H19FO3/c1-9(16)6-10-7-12(17-4)13(18-5)8-11(10)14(2,3)15/h7-8H,6H2,1-5H3. The molecule has 0 saturated heterocycles. The maximum Gasteiger partial charge on any atom is 0.161 e. The quantitative estimate of drug-likeness (QED) is 0.810. The molecule has 0 radical (unpaired) electrons. The number of carbonyl (C=O) groups excluding carboxylic acids is 1. The maximum absolute atomic E-state index is 14.2. The summed E-state index contributed by atoms with van der Waals surface area (Å²) in [6.45, 7) is 4.39. The number of hydrogen-bond donors (Lipinski definition) is 0. The van der Waals surface area contributed by atoms with Gasteiger partial charge in [0.05, 0.1) is 14.2 Å². The van der Waals surface area contributed by atoms with Crippen molar-refractivity contribution in [3.63, 3.8) is 0 Å². The molecule has 18 heavy (non-hydrogen) atoms. The molecule has 0 saturated carbocycles. The molecule has 0 aromatic heterocycles. The number of rotatable bonds is 5. The summed E-state index contributed by atoms with van der Waals surface area (Å²) in [6, 6.07) is 3.26. The first-order chi connectivity index (χ1) is 8.29. The first kappa shape index (κ1) is 14.5. The average Bonchev–Trinajstić information content (AvgIpc) is 2.26. The molecule has 100 valence electrons. The monoisotopic (exact) mass is 254 g/mol. The van der Waals surface area contributed by atoms with Gasteiger partial charge >= 0.3 is 0 Å². The van der Waals surface area contributed by atoms with Crippen LogP contribution in [0, 0.1) is 0 Å². The van der Waals surface area contributed by atoms with E-state index >= 15 is 0 Å². The van der Waals surface area contributed by atoms with Crippen molar-refractivity contribution >= 4 is 5.78 Å². The highest BCUT2D eigenvalue weighted by Gasteiger charge is 2.25. The summed E-state index contributed by atoms with van der Waals surface area (Å²) in [5.41, 5.74) is -0.451. The second-order valence-electron chi connectivity index (χ2n) is 4.72. The van der Waals surface area contributed by atoms with Gasteiger partial charge in [0.15, 0.2) is 11.5 Å². The summed E-state index contributed by atoms with van der Waals surface area (Å²) in [7, 11) is 3.01. The minimum atomic E-state index is -1.54. The van der Waals surface area contributed by atoms with Crippen LogP contribution in [-0.4, -0.2) is 20.0 Å². The molecule has 0 amide bonds. The number of halogens is 1. The van der Waals surface area contributed by atoms with Gasteiger partial charge < -0.3 is 9.47 Å². The summed E-state index contributed by atoms with van der Waals surface area (Å²) < 4.78 is 24.5. The van der Waals surface area contributed by atoms with Crippen LogP contribution in [-0.2, 0) is 16.9 Å². The predicted molar refractivity (Wildman–Crippen MR) is 68.1 cm³/mol. The van der Waals surface area contributed by atoms with Gasteiger partial charge in [0, 0.05) is 6.42 Å². The van der Waals surface area contributed by atoms with Crippen LogP contribution >= 0.6 is 0 Å². The van der Waals surface area contributed by atoms with Crippen LogP contribution in [0.25, 0.3) is 0 Å². The number of ketones is 1. The molecule has 0 aliphatic heterocycles. The maximum atomic E-state index is 14.2. The summed E-state index contributed by atoms with van der Waals surface area (Å²) in [6.07, 6.45) is 0.184. The Morgan fingerprint density at radius 1 is 1.22 bits per heavy atom. The summed E-state index contributed by atoms with van der Waals surface area (Å²) >= 11 is 0. The average molecular weight is 254 g/mol. The smallest absolute Gasteiger partial charge is 0.161 e. The van der Waals surface area contributed by atoms with E-state index in [1.807, 2.05) is 0 Å². The molecule has 0 atom stereocenters. The van der Waals surface area contributed by atoms with Crippen LogP contribution in [0.15, 0.2) is 12.1 Å². The van der Waals surface area contributed by atoms with Crippen LogP contribution < -0.4 is 9.47 Å². The molecule has 0 aliphatic rings. The van der Waals surface area contributed by atoms with E-state index in [4.69, 9.17) is 9.47 Å². The van der Waals surface area contributed by atoms with Gasteiger partial charge in [0.25, 0.3) is 0 Å². The third kappa shape index (κ3) is 3.22. The Kier molecular flexibility index (Phi) is 4.33. The molecule has 0 N–H and O–H groups in total. The highest BCUT2D eigenvalue weighted by molar-refractivity contribution is 5.79. The SMILES string of the molecule is COc1cc(CC(C)=O)c(C(C)(C)F)cc1OC. The minimum absolute atomic E-state index is 0.0206. The molecular formula is C14H19FO3. The number of ether oxygens (including phenoxy) is 2. The third-order valence-electron chi connectivity index (χ3n) is 2.69. The van der Waals surface area contributed by atoms with Crippen LogP contribution in [0.3, 0.4) is 0 Å². The minimum Gasteiger partial charge on any atom is -0.493 e. The van der Waals surface area contributed by atoms with Crippen molar-refractivity contribution in [2.45, 2.75) is 32.9 Å². The number of benzene rings is 1. The van der Waals surface area contributed by atoms with E-state index < -0.39 is 5.67 Å². The zero-order valence-electron chi connectivity index (χ0n) is 11.5. The van der Waals surface area contributed by atoms with Crippen molar-refractivity contribution in [1.82, 2.24) is 0 Å². The van der Waals surface area contributed by atoms with E-state index in [2.05, 4.69) is 0 Å². The largest absolute Gasteiger partial charge is 0.493 e. The molecule has 0 bridgehead atoms. The lowest BCUT2D eigenvalue weighted by atomic mass is 9.91. The fraction of sp³-hybridized carbons (Fsp3) is 0.500. The molecule has 3 nitrogen and oxygen atoms in total. The summed E-state index contributed by atoms with van der Waals surface area (Å²) in [5.74, 6) is 0.944. The second-order valence-corrected chi connectivity index (χ2v) is 4.72. The zero-order valence-corrected chi connectivity index (χ0v) is 11.5. The number of Topliss-reactive ketones (excluding diaryl/α,β-unsaturated/α-hetero) is 1. The Hall–Kier alpha value is -1.58. The predicted octanol–water partition coefficient (Wildman–Crippen LogP) is 3.04. The molecule has 0 spiro atoms. The molecule has 1 aromatic carbocycles. The Morgan fingerprint density at radius 2 is 1.72 bits per heavy atom. The van der Waals surface area contributed by atoms with Crippen LogP contribution in [0.4, 0.5) is 4.39 Å². The van der Waals surface area contributed by atoms with Crippen LogP contribution in [0.5, 0.6) is 11.5 Å². The van der Waals surface area contributed by atoms with E-state index in [0.29, 0.717) is 22.6 Å². The van der Waals surface area contributed by atoms with E-state index in [0.717, 1.165) is 0 Å². The first-order valence-electron chi connectivity index (χ1n) is 5.73. The Balaban J connectivity index is 3.41. The normalized spacial score (nSPS) is 11.2. The van der Waals surface area contributed by atoms with Gasteiger partial charge in [-0.1, -0.05) is 0 Å². The van der Waals surface area contributed by atoms with Crippen molar-refractivity contribution < 1.29 is 18.7 Å². The van der Waals surface area contributed by atoms with Crippen molar-refractivity contribution in [3.05, 3.63) is 23.3 Å². The topological polar surface area (TPSA) is 35.5 Å². The van der Waals surface area contributed by atoms with E-state index in [1.165, 1.54) is 35.0 Å². The Bertz CT molecular complexity index is 447. The zero-order chi connectivity index (χ0) is 13.9. The van der Waals surface area contributed by atoms with Gasteiger partial charge in [-0.2, -0.15) is 0 Å². The molecule has 0 aliphatic carbocycles. The molecule has 4 heteroatoms. The van der Waals surface area contributed by atoms with Crippen LogP contribution in [0.2, 0.25) is 0 Å². The lowest BCUT2D eigenvalue weighted by Gasteiger charge is -2.21. The first-order valence-corrected chi connectivity index (χ1v) is 5.73. The molecule has 0 heterocycles. The third-order valence-corrected chi connectivity index (χ3v) is 2.69. The molecule has 1 aromatic rings. The fourth-order valence-electron chi connectivity index (χ4n) is 1.89. The van der Waals surface area contributed by atoms with Crippen LogP contribution in [0.1, 0.15) is 31.9 Å². The number of carbonyl (C=O) groups is 1. The fourth-order valence-corrected chi connectivity index (χ4v) is 1.89. The number of alkyl halides is 1. The molecule has 0 unspecified atom stereocenters. The lowest BCUT2D eigenvalue weighted by molar-refractivity contribution is -0.116. The Labute approximate surface area is 107 Å². The van der Waals surface area contributed by atoms with Gasteiger partial charge in [0.1, 0.15) is 11.5 Å². The number of methoxy groups -OCH3 is 2. The van der Waals surface area contributed by atoms with Gasteiger partial charge in [-0.15, -0.1) is 0 Å². The summed E-state index contributed by atoms with van der Waals surface area (Å²) in [4.78, 5) is 11.3. The molecular weight excluding hydrogens is 235 g/mol. The molecule has 0 fully saturated rings. The highest BCUT2D eigenvalue weighted by atomic mass is 19.1. The van der Waals surface area contributed by atoms with Crippen molar-refractivity contribution in [2.75, 3.05) is 14.2 Å². The van der Waals surface area contributed by atoms with E-state index in [9.17, 15) is 9.18 Å². The van der Waals surface area contributed by atoms with Crippen molar-refractivity contribution in [2.24, 2.45) is 0 Å². The van der Waals surface area contributed by atoms with Gasteiger partial charge in [-0.25, -0.2) is 4.39 Å². The second kappa shape index (κ2) is 5.38. The Morgan fingerprint density at radius 3 is 2.11 bits per heavy atom. The van der Waals surface area contributed by atoms with Gasteiger partial charge in [-0.05, 0) is 44.0 Å².